The lowest BCUT2D eigenvalue weighted by atomic mass is 10.1. The third-order valence-electron chi connectivity index (χ3n) is 4.67. The molecule has 0 bridgehead atoms. The molecule has 1 aliphatic rings. The largest absolute Gasteiger partial charge is 0.352 e. The molecular formula is C21H17BrN4O3. The highest BCUT2D eigenvalue weighted by molar-refractivity contribution is 9.10. The predicted octanol–water partition coefficient (Wildman–Crippen LogP) is 3.27. The molecule has 1 aliphatic heterocycles. The number of hydrogen-bond acceptors (Lipinski definition) is 4. The molecule has 3 aromatic rings. The van der Waals surface area contributed by atoms with Gasteiger partial charge in [0.2, 0.25) is 0 Å². The Morgan fingerprint density at radius 3 is 2.52 bits per heavy atom. The summed E-state index contributed by atoms with van der Waals surface area (Å²) in [4.78, 5) is 43.0. The van der Waals surface area contributed by atoms with Gasteiger partial charge in [0.1, 0.15) is 0 Å². The first-order valence-corrected chi connectivity index (χ1v) is 9.86. The lowest BCUT2D eigenvalue weighted by Crippen LogP contribution is -2.29. The SMILES string of the molecule is O=C(NCCCn1ccnc1)c1ccc2c(c1)C(=O)N(c1ccc(Br)cc1)C2=O. The average Bonchev–Trinajstić information content (AvgIpc) is 3.33. The van der Waals surface area contributed by atoms with Gasteiger partial charge < -0.3 is 9.88 Å². The summed E-state index contributed by atoms with van der Waals surface area (Å²) in [6.45, 7) is 1.24. The summed E-state index contributed by atoms with van der Waals surface area (Å²) in [5, 5.41) is 2.84. The number of fused-ring (bicyclic) bond motifs is 1. The monoisotopic (exact) mass is 452 g/mol. The number of benzene rings is 2. The quantitative estimate of drug-likeness (QED) is 0.459. The molecule has 0 saturated carbocycles. The highest BCUT2D eigenvalue weighted by Gasteiger charge is 2.37. The third-order valence-corrected chi connectivity index (χ3v) is 5.20. The van der Waals surface area contributed by atoms with Gasteiger partial charge in [0, 0.05) is 35.5 Å². The van der Waals surface area contributed by atoms with E-state index in [0.29, 0.717) is 23.4 Å². The lowest BCUT2D eigenvalue weighted by molar-refractivity contribution is 0.0923. The number of rotatable bonds is 6. The molecule has 0 spiro atoms. The smallest absolute Gasteiger partial charge is 0.266 e. The zero-order chi connectivity index (χ0) is 20.4. The van der Waals surface area contributed by atoms with E-state index in [1.807, 2.05) is 10.8 Å². The first kappa shape index (κ1) is 19.1. The normalized spacial score (nSPS) is 12.9. The second-order valence-corrected chi connectivity index (χ2v) is 7.51. The molecule has 146 valence electrons. The fraction of sp³-hybridized carbons (Fsp3) is 0.143. The van der Waals surface area contributed by atoms with Crippen LogP contribution in [0.5, 0.6) is 0 Å². The first-order valence-electron chi connectivity index (χ1n) is 9.07. The Morgan fingerprint density at radius 2 is 1.79 bits per heavy atom. The molecule has 3 amide bonds. The van der Waals surface area contributed by atoms with Gasteiger partial charge in [0.15, 0.2) is 0 Å². The van der Waals surface area contributed by atoms with Crippen LogP contribution in [0, 0.1) is 0 Å². The molecule has 7 nitrogen and oxygen atoms in total. The number of hydrogen-bond donors (Lipinski definition) is 1. The van der Waals surface area contributed by atoms with E-state index < -0.39 is 5.91 Å². The Balaban J connectivity index is 1.45. The van der Waals surface area contributed by atoms with Crippen LogP contribution in [-0.4, -0.2) is 33.8 Å². The van der Waals surface area contributed by atoms with Crippen molar-refractivity contribution in [2.45, 2.75) is 13.0 Å². The van der Waals surface area contributed by atoms with E-state index in [-0.39, 0.29) is 17.4 Å². The number of halogens is 1. The van der Waals surface area contributed by atoms with E-state index >= 15 is 0 Å². The van der Waals surface area contributed by atoms with Gasteiger partial charge in [0.05, 0.1) is 23.1 Å². The molecule has 8 heteroatoms. The van der Waals surface area contributed by atoms with Crippen molar-refractivity contribution in [1.82, 2.24) is 14.9 Å². The second kappa shape index (κ2) is 8.00. The van der Waals surface area contributed by atoms with Crippen LogP contribution in [0.25, 0.3) is 0 Å². The van der Waals surface area contributed by atoms with Crippen molar-refractivity contribution < 1.29 is 14.4 Å². The minimum absolute atomic E-state index is 0.240. The van der Waals surface area contributed by atoms with Crippen molar-refractivity contribution in [2.24, 2.45) is 0 Å². The Hall–Kier alpha value is -3.26. The standard InChI is InChI=1S/C21H17BrN4O3/c22-15-3-5-16(6-4-15)26-20(28)17-7-2-14(12-18(17)21(26)29)19(27)24-8-1-10-25-11-9-23-13-25/h2-7,9,11-13H,1,8,10H2,(H,24,27). The topological polar surface area (TPSA) is 84.3 Å². The van der Waals surface area contributed by atoms with Crippen molar-refractivity contribution in [3.63, 3.8) is 0 Å². The minimum Gasteiger partial charge on any atom is -0.352 e. The molecule has 0 aliphatic carbocycles. The van der Waals surface area contributed by atoms with Crippen LogP contribution >= 0.6 is 15.9 Å². The fourth-order valence-electron chi connectivity index (χ4n) is 3.19. The van der Waals surface area contributed by atoms with E-state index in [0.717, 1.165) is 22.3 Å². The van der Waals surface area contributed by atoms with Gasteiger partial charge in [-0.3, -0.25) is 14.4 Å². The molecule has 4 rings (SSSR count). The van der Waals surface area contributed by atoms with Crippen LogP contribution in [0.15, 0.2) is 65.7 Å². The maximum absolute atomic E-state index is 12.8. The Bertz CT molecular complexity index is 1080. The molecule has 0 unspecified atom stereocenters. The molecule has 1 N–H and O–H groups in total. The molecule has 0 fully saturated rings. The van der Waals surface area contributed by atoms with E-state index in [9.17, 15) is 14.4 Å². The number of carbonyl (C=O) groups is 3. The van der Waals surface area contributed by atoms with Crippen molar-refractivity contribution in [1.29, 1.82) is 0 Å². The number of imidazole rings is 1. The number of nitrogens with zero attached hydrogens (tertiary/aromatic N) is 3. The maximum atomic E-state index is 12.8. The molecule has 0 saturated heterocycles. The molecule has 0 radical (unpaired) electrons. The second-order valence-electron chi connectivity index (χ2n) is 6.59. The number of amides is 3. The van der Waals surface area contributed by atoms with Gasteiger partial charge >= 0.3 is 0 Å². The highest BCUT2D eigenvalue weighted by atomic mass is 79.9. The van der Waals surface area contributed by atoms with Gasteiger partial charge in [-0.2, -0.15) is 0 Å². The lowest BCUT2D eigenvalue weighted by Gasteiger charge is -2.13. The molecular weight excluding hydrogens is 436 g/mol. The Labute approximate surface area is 175 Å². The number of anilines is 1. The van der Waals surface area contributed by atoms with Crippen molar-refractivity contribution in [3.05, 3.63) is 82.3 Å². The maximum Gasteiger partial charge on any atom is 0.266 e. The van der Waals surface area contributed by atoms with E-state index in [2.05, 4.69) is 26.2 Å². The van der Waals surface area contributed by atoms with Crippen molar-refractivity contribution >= 4 is 39.3 Å². The van der Waals surface area contributed by atoms with Crippen LogP contribution in [0.2, 0.25) is 0 Å². The molecule has 2 heterocycles. The summed E-state index contributed by atoms with van der Waals surface area (Å²) in [5.41, 5.74) is 1.38. The number of imide groups is 1. The van der Waals surface area contributed by atoms with Crippen molar-refractivity contribution in [3.8, 4) is 0 Å². The van der Waals surface area contributed by atoms with Crippen LogP contribution in [-0.2, 0) is 6.54 Å². The van der Waals surface area contributed by atoms with Gasteiger partial charge in [-0.1, -0.05) is 15.9 Å². The molecule has 1 aromatic heterocycles. The number of aryl methyl sites for hydroxylation is 1. The number of nitrogens with one attached hydrogen (secondary N) is 1. The van der Waals surface area contributed by atoms with E-state index in [4.69, 9.17) is 0 Å². The average molecular weight is 453 g/mol. The summed E-state index contributed by atoms with van der Waals surface area (Å²) >= 11 is 3.34. The fourth-order valence-corrected chi connectivity index (χ4v) is 3.46. The van der Waals surface area contributed by atoms with Crippen LogP contribution in [0.3, 0.4) is 0 Å². The summed E-state index contributed by atoms with van der Waals surface area (Å²) in [6.07, 6.45) is 6.05. The Morgan fingerprint density at radius 1 is 1.03 bits per heavy atom. The minimum atomic E-state index is -0.429. The first-order chi connectivity index (χ1) is 14.0. The summed E-state index contributed by atoms with van der Waals surface area (Å²) in [6, 6.07) is 11.5. The predicted molar refractivity (Wildman–Crippen MR) is 111 cm³/mol. The van der Waals surface area contributed by atoms with Crippen LogP contribution in [0.4, 0.5) is 5.69 Å². The van der Waals surface area contributed by atoms with E-state index in [1.165, 1.54) is 12.1 Å². The highest BCUT2D eigenvalue weighted by Crippen LogP contribution is 2.29. The molecule has 0 atom stereocenters. The summed E-state index contributed by atoms with van der Waals surface area (Å²) in [5.74, 6) is -1.09. The molecule has 29 heavy (non-hydrogen) atoms. The van der Waals surface area contributed by atoms with Crippen LogP contribution in [0.1, 0.15) is 37.5 Å². The van der Waals surface area contributed by atoms with Gasteiger partial charge in [-0.05, 0) is 48.9 Å². The Kier molecular flexibility index (Phi) is 5.26. The van der Waals surface area contributed by atoms with Crippen LogP contribution < -0.4 is 10.2 Å². The van der Waals surface area contributed by atoms with Gasteiger partial charge in [-0.25, -0.2) is 9.88 Å². The zero-order valence-corrected chi connectivity index (χ0v) is 16.9. The number of carbonyl (C=O) groups excluding carboxylic acids is 3. The summed E-state index contributed by atoms with van der Waals surface area (Å²) < 4.78 is 2.78. The van der Waals surface area contributed by atoms with E-state index in [1.54, 1.807) is 42.9 Å². The third kappa shape index (κ3) is 3.84. The zero-order valence-electron chi connectivity index (χ0n) is 15.3. The number of aromatic nitrogens is 2. The van der Waals surface area contributed by atoms with Gasteiger partial charge in [-0.15, -0.1) is 0 Å². The van der Waals surface area contributed by atoms with Crippen molar-refractivity contribution in [2.75, 3.05) is 11.4 Å². The van der Waals surface area contributed by atoms with Gasteiger partial charge in [0.25, 0.3) is 17.7 Å². The molecule has 2 aromatic carbocycles. The summed E-state index contributed by atoms with van der Waals surface area (Å²) in [7, 11) is 0.